The van der Waals surface area contributed by atoms with Gasteiger partial charge in [-0.15, -0.1) is 0 Å². The van der Waals surface area contributed by atoms with E-state index < -0.39 is 11.9 Å². The maximum Gasteiger partial charge on any atom is 0.282 e. The molecule has 0 rings (SSSR count). The van der Waals surface area contributed by atoms with Gasteiger partial charge >= 0.3 is 0 Å². The van der Waals surface area contributed by atoms with Gasteiger partial charge in [-0.05, 0) is 0 Å². The third-order valence-corrected chi connectivity index (χ3v) is 5.34. The van der Waals surface area contributed by atoms with Crippen LogP contribution in [0.2, 0.25) is 0 Å². The van der Waals surface area contributed by atoms with E-state index >= 15 is 0 Å². The van der Waals surface area contributed by atoms with Crippen molar-refractivity contribution in [1.82, 2.24) is 0 Å². The van der Waals surface area contributed by atoms with Crippen LogP contribution in [-0.2, 0) is 28.4 Å². The Bertz CT molecular complexity index is 193. The van der Waals surface area contributed by atoms with Crippen molar-refractivity contribution in [3.8, 4) is 0 Å². The van der Waals surface area contributed by atoms with Crippen LogP contribution >= 0.6 is 21.6 Å². The molecule has 0 aliphatic carbocycles. The Labute approximate surface area is 129 Å². The summed E-state index contributed by atoms with van der Waals surface area (Å²) < 4.78 is 31.3. The molecule has 0 saturated carbocycles. The van der Waals surface area contributed by atoms with E-state index in [9.17, 15) is 0 Å². The summed E-state index contributed by atoms with van der Waals surface area (Å²) >= 11 is 0. The zero-order valence-electron chi connectivity index (χ0n) is 13.1. The van der Waals surface area contributed by atoms with Crippen molar-refractivity contribution in [1.29, 1.82) is 0 Å². The van der Waals surface area contributed by atoms with Gasteiger partial charge in [-0.1, -0.05) is 21.6 Å². The summed E-state index contributed by atoms with van der Waals surface area (Å²) in [4.78, 5) is 0. The van der Waals surface area contributed by atoms with E-state index in [0.717, 1.165) is 11.5 Å². The molecule has 0 bridgehead atoms. The fourth-order valence-electron chi connectivity index (χ4n) is 1.56. The molecule has 0 aromatic heterocycles. The highest BCUT2D eigenvalue weighted by atomic mass is 33.1. The summed E-state index contributed by atoms with van der Waals surface area (Å²) in [5, 5.41) is 0. The molecule has 0 spiro atoms. The van der Waals surface area contributed by atoms with E-state index in [-0.39, 0.29) is 0 Å². The Hall–Kier alpha value is 0.460. The van der Waals surface area contributed by atoms with E-state index in [4.69, 9.17) is 28.4 Å². The van der Waals surface area contributed by atoms with Crippen LogP contribution in [0, 0.1) is 0 Å². The molecule has 8 heteroatoms. The van der Waals surface area contributed by atoms with Crippen molar-refractivity contribution >= 4 is 21.6 Å². The van der Waals surface area contributed by atoms with E-state index in [2.05, 4.69) is 0 Å². The minimum Gasteiger partial charge on any atom is -0.331 e. The first-order valence-corrected chi connectivity index (χ1v) is 8.61. The molecule has 122 valence electrons. The monoisotopic (exact) mass is 330 g/mol. The van der Waals surface area contributed by atoms with Crippen molar-refractivity contribution in [2.45, 2.75) is 24.8 Å². The quantitative estimate of drug-likeness (QED) is 0.290. The highest BCUT2D eigenvalue weighted by molar-refractivity contribution is 8.76. The Kier molecular flexibility index (Phi) is 11.3. The predicted molar refractivity (Wildman–Crippen MR) is 81.7 cm³/mol. The molecule has 6 nitrogen and oxygen atoms in total. The molecule has 0 heterocycles. The van der Waals surface area contributed by atoms with Crippen LogP contribution in [0.15, 0.2) is 0 Å². The summed E-state index contributed by atoms with van der Waals surface area (Å²) in [6, 6.07) is 0. The second kappa shape index (κ2) is 11.1. The molecule has 0 N–H and O–H groups in total. The standard InChI is InChI=1S/C12H26O6S2/c1-13-11(14-2,15-3)7-9-19-20-10-8-12(16-4,17-5)18-6/h7-10H2,1-6H3. The molecular formula is C12H26O6S2. The zero-order chi connectivity index (χ0) is 15.5. The largest absolute Gasteiger partial charge is 0.331 e. The molecule has 0 unspecified atom stereocenters. The Morgan fingerprint density at radius 1 is 0.550 bits per heavy atom. The molecule has 0 aliphatic heterocycles. The van der Waals surface area contributed by atoms with Crippen LogP contribution in [0.1, 0.15) is 12.8 Å². The fraction of sp³-hybridized carbons (Fsp3) is 1.00. The van der Waals surface area contributed by atoms with Gasteiger partial charge in [0.05, 0.1) is 0 Å². The number of methoxy groups -OCH3 is 6. The number of ether oxygens (including phenoxy) is 6. The van der Waals surface area contributed by atoms with Gasteiger partial charge in [0.2, 0.25) is 0 Å². The SMILES string of the molecule is COC(CCSSCCC(OC)(OC)OC)(OC)OC. The second-order valence-electron chi connectivity index (χ2n) is 3.73. The maximum atomic E-state index is 5.22. The molecular weight excluding hydrogens is 304 g/mol. The number of hydrogen-bond acceptors (Lipinski definition) is 8. The van der Waals surface area contributed by atoms with Crippen LogP contribution in [0.4, 0.5) is 0 Å². The lowest BCUT2D eigenvalue weighted by atomic mass is 10.4. The Balaban J connectivity index is 3.87. The predicted octanol–water partition coefficient (Wildman–Crippen LogP) is 2.33. The first kappa shape index (κ1) is 20.5. The third kappa shape index (κ3) is 6.48. The van der Waals surface area contributed by atoms with Crippen LogP contribution in [-0.4, -0.2) is 66.1 Å². The first-order chi connectivity index (χ1) is 9.57. The Morgan fingerprint density at radius 3 is 1.00 bits per heavy atom. The first-order valence-electron chi connectivity index (χ1n) is 6.13. The molecule has 0 aliphatic rings. The minimum absolute atomic E-state index is 0.637. The molecule has 0 fully saturated rings. The van der Waals surface area contributed by atoms with Crippen molar-refractivity contribution in [2.24, 2.45) is 0 Å². The van der Waals surface area contributed by atoms with Gasteiger partial charge in [-0.2, -0.15) is 0 Å². The summed E-state index contributed by atoms with van der Waals surface area (Å²) in [7, 11) is 12.8. The molecule has 0 saturated heterocycles. The summed E-state index contributed by atoms with van der Waals surface area (Å²) in [6.45, 7) is 0. The third-order valence-electron chi connectivity index (χ3n) is 2.93. The van der Waals surface area contributed by atoms with Crippen molar-refractivity contribution in [3.63, 3.8) is 0 Å². The molecule has 0 aromatic carbocycles. The highest BCUT2D eigenvalue weighted by Crippen LogP contribution is 2.30. The summed E-state index contributed by atoms with van der Waals surface area (Å²) in [6.07, 6.45) is 1.27. The van der Waals surface area contributed by atoms with Crippen LogP contribution in [0.3, 0.4) is 0 Å². The van der Waals surface area contributed by atoms with Gasteiger partial charge in [-0.3, -0.25) is 0 Å². The topological polar surface area (TPSA) is 55.4 Å². The van der Waals surface area contributed by atoms with E-state index in [1.54, 1.807) is 64.2 Å². The van der Waals surface area contributed by atoms with Gasteiger partial charge in [0.15, 0.2) is 0 Å². The van der Waals surface area contributed by atoms with Gasteiger partial charge in [0.25, 0.3) is 11.9 Å². The minimum atomic E-state index is -0.955. The molecule has 0 atom stereocenters. The molecule has 20 heavy (non-hydrogen) atoms. The van der Waals surface area contributed by atoms with Crippen molar-refractivity contribution in [3.05, 3.63) is 0 Å². The van der Waals surface area contributed by atoms with E-state index in [0.29, 0.717) is 12.8 Å². The Morgan fingerprint density at radius 2 is 0.800 bits per heavy atom. The molecule has 0 aromatic rings. The van der Waals surface area contributed by atoms with Crippen LogP contribution in [0.25, 0.3) is 0 Å². The average molecular weight is 330 g/mol. The summed E-state index contributed by atoms with van der Waals surface area (Å²) in [5.74, 6) is -0.244. The van der Waals surface area contributed by atoms with E-state index in [1.807, 2.05) is 0 Å². The lowest BCUT2D eigenvalue weighted by molar-refractivity contribution is -0.352. The van der Waals surface area contributed by atoms with Gasteiger partial charge in [0.1, 0.15) is 0 Å². The van der Waals surface area contributed by atoms with Gasteiger partial charge in [-0.25, -0.2) is 0 Å². The van der Waals surface area contributed by atoms with Gasteiger partial charge < -0.3 is 28.4 Å². The normalized spacial score (nSPS) is 12.9. The smallest absolute Gasteiger partial charge is 0.282 e. The van der Waals surface area contributed by atoms with Crippen LogP contribution < -0.4 is 0 Å². The van der Waals surface area contributed by atoms with Crippen molar-refractivity contribution in [2.75, 3.05) is 54.2 Å². The zero-order valence-corrected chi connectivity index (χ0v) is 14.7. The van der Waals surface area contributed by atoms with Crippen molar-refractivity contribution < 1.29 is 28.4 Å². The van der Waals surface area contributed by atoms with Crippen LogP contribution in [0.5, 0.6) is 0 Å². The number of hydrogen-bond donors (Lipinski definition) is 0. The second-order valence-corrected chi connectivity index (χ2v) is 6.44. The van der Waals surface area contributed by atoms with E-state index in [1.165, 1.54) is 0 Å². The van der Waals surface area contributed by atoms with Gasteiger partial charge in [0, 0.05) is 67.0 Å². The number of rotatable bonds is 13. The molecule has 0 radical (unpaired) electrons. The fourth-order valence-corrected chi connectivity index (χ4v) is 3.67. The lowest BCUT2D eigenvalue weighted by Gasteiger charge is -2.29. The maximum absolute atomic E-state index is 5.22. The molecule has 0 amide bonds. The summed E-state index contributed by atoms with van der Waals surface area (Å²) in [5.41, 5.74) is 0. The lowest BCUT2D eigenvalue weighted by Crippen LogP contribution is -2.36. The highest BCUT2D eigenvalue weighted by Gasteiger charge is 2.30. The average Bonchev–Trinajstić information content (AvgIpc) is 2.52.